The van der Waals surface area contributed by atoms with Crippen LogP contribution in [0, 0.1) is 0 Å². The number of benzene rings is 1. The van der Waals surface area contributed by atoms with E-state index in [2.05, 4.69) is 46.7 Å². The topological polar surface area (TPSA) is 47.1 Å². The van der Waals surface area contributed by atoms with E-state index >= 15 is 0 Å². The smallest absolute Gasteiger partial charge is 0.0625 e. The highest BCUT2D eigenvalue weighted by Gasteiger charge is 2.18. The summed E-state index contributed by atoms with van der Waals surface area (Å²) in [6.07, 6.45) is 2.11. The molecule has 1 aromatic heterocycles. The van der Waals surface area contributed by atoms with Crippen LogP contribution < -0.4 is 5.73 Å². The molecular weight excluding hydrogens is 260 g/mol. The van der Waals surface area contributed by atoms with Gasteiger partial charge in [-0.25, -0.2) is 0 Å². The van der Waals surface area contributed by atoms with Gasteiger partial charge >= 0.3 is 0 Å². The second kappa shape index (κ2) is 5.90. The number of rotatable bonds is 4. The zero-order chi connectivity index (χ0) is 14.8. The molecule has 0 fully saturated rings. The highest BCUT2D eigenvalue weighted by molar-refractivity contribution is 5.45. The molecule has 112 valence electrons. The first kappa shape index (κ1) is 14.1. The van der Waals surface area contributed by atoms with E-state index in [1.54, 1.807) is 0 Å². The molecule has 2 aromatic rings. The van der Waals surface area contributed by atoms with E-state index in [1.165, 1.54) is 22.5 Å². The Morgan fingerprint density at radius 1 is 1.19 bits per heavy atom. The summed E-state index contributed by atoms with van der Waals surface area (Å²) in [6, 6.07) is 8.55. The highest BCUT2D eigenvalue weighted by atomic mass is 15.3. The lowest BCUT2D eigenvalue weighted by Crippen LogP contribution is -2.31. The maximum absolute atomic E-state index is 5.91. The van der Waals surface area contributed by atoms with E-state index in [4.69, 9.17) is 5.73 Å². The SMILES string of the molecule is CCc1cc(CN2CCc3ccc(N)cc3C2)n(CC)n1. The molecular formula is C17H24N4. The Balaban J connectivity index is 1.76. The number of hydrogen-bond donors (Lipinski definition) is 1. The first-order valence-electron chi connectivity index (χ1n) is 7.84. The van der Waals surface area contributed by atoms with Crippen molar-refractivity contribution in [3.05, 3.63) is 46.8 Å². The summed E-state index contributed by atoms with van der Waals surface area (Å²) in [5.41, 5.74) is 12.1. The molecule has 0 atom stereocenters. The summed E-state index contributed by atoms with van der Waals surface area (Å²) in [5.74, 6) is 0. The summed E-state index contributed by atoms with van der Waals surface area (Å²) in [4.78, 5) is 2.49. The molecule has 0 spiro atoms. The van der Waals surface area contributed by atoms with Gasteiger partial charge in [-0.2, -0.15) is 5.10 Å². The Morgan fingerprint density at radius 3 is 2.81 bits per heavy atom. The number of nitrogens with two attached hydrogens (primary N) is 1. The Hall–Kier alpha value is -1.81. The summed E-state index contributed by atoms with van der Waals surface area (Å²) >= 11 is 0. The number of fused-ring (bicyclic) bond motifs is 1. The summed E-state index contributed by atoms with van der Waals surface area (Å²) in [5, 5.41) is 4.64. The molecule has 3 rings (SSSR count). The van der Waals surface area contributed by atoms with Gasteiger partial charge in [0.2, 0.25) is 0 Å². The van der Waals surface area contributed by atoms with Crippen LogP contribution in [-0.2, 0) is 32.5 Å². The predicted molar refractivity (Wildman–Crippen MR) is 86.0 cm³/mol. The monoisotopic (exact) mass is 284 g/mol. The Morgan fingerprint density at radius 2 is 2.05 bits per heavy atom. The van der Waals surface area contributed by atoms with Crippen LogP contribution in [0.15, 0.2) is 24.3 Å². The Kier molecular flexibility index (Phi) is 3.97. The van der Waals surface area contributed by atoms with Gasteiger partial charge in [0.15, 0.2) is 0 Å². The van der Waals surface area contributed by atoms with Gasteiger partial charge in [-0.15, -0.1) is 0 Å². The molecule has 2 heterocycles. The highest BCUT2D eigenvalue weighted by Crippen LogP contribution is 2.23. The van der Waals surface area contributed by atoms with Crippen LogP contribution in [-0.4, -0.2) is 21.2 Å². The van der Waals surface area contributed by atoms with Crippen molar-refractivity contribution in [3.63, 3.8) is 0 Å². The van der Waals surface area contributed by atoms with Gasteiger partial charge in [-0.05, 0) is 49.1 Å². The van der Waals surface area contributed by atoms with Crippen LogP contribution in [0.1, 0.15) is 36.4 Å². The van der Waals surface area contributed by atoms with Crippen molar-refractivity contribution in [3.8, 4) is 0 Å². The van der Waals surface area contributed by atoms with Gasteiger partial charge in [-0.3, -0.25) is 9.58 Å². The summed E-state index contributed by atoms with van der Waals surface area (Å²) in [6.45, 7) is 8.31. The average molecular weight is 284 g/mol. The molecule has 1 aliphatic rings. The fourth-order valence-corrected chi connectivity index (χ4v) is 3.09. The third-order valence-electron chi connectivity index (χ3n) is 4.28. The molecule has 0 radical (unpaired) electrons. The molecule has 1 aromatic carbocycles. The Bertz CT molecular complexity index is 630. The number of nitrogens with zero attached hydrogens (tertiary/aromatic N) is 3. The van der Waals surface area contributed by atoms with E-state index in [-0.39, 0.29) is 0 Å². The lowest BCUT2D eigenvalue weighted by molar-refractivity contribution is 0.238. The molecule has 0 unspecified atom stereocenters. The summed E-state index contributed by atoms with van der Waals surface area (Å²) < 4.78 is 2.13. The fourth-order valence-electron chi connectivity index (χ4n) is 3.09. The van der Waals surface area contributed by atoms with Crippen LogP contribution in [0.2, 0.25) is 0 Å². The van der Waals surface area contributed by atoms with Gasteiger partial charge in [0.1, 0.15) is 0 Å². The second-order valence-corrected chi connectivity index (χ2v) is 5.79. The Labute approximate surface area is 126 Å². The first-order valence-corrected chi connectivity index (χ1v) is 7.84. The van der Waals surface area contributed by atoms with Crippen molar-refractivity contribution in [2.75, 3.05) is 12.3 Å². The molecule has 21 heavy (non-hydrogen) atoms. The van der Waals surface area contributed by atoms with E-state index < -0.39 is 0 Å². The van der Waals surface area contributed by atoms with Crippen molar-refractivity contribution in [2.24, 2.45) is 0 Å². The number of aryl methyl sites for hydroxylation is 2. The van der Waals surface area contributed by atoms with Crippen molar-refractivity contribution in [1.82, 2.24) is 14.7 Å². The number of hydrogen-bond acceptors (Lipinski definition) is 3. The van der Waals surface area contributed by atoms with Crippen molar-refractivity contribution in [2.45, 2.75) is 46.3 Å². The largest absolute Gasteiger partial charge is 0.399 e. The van der Waals surface area contributed by atoms with E-state index in [0.717, 1.165) is 44.7 Å². The number of aromatic nitrogens is 2. The van der Waals surface area contributed by atoms with Gasteiger partial charge < -0.3 is 5.73 Å². The maximum atomic E-state index is 5.91. The van der Waals surface area contributed by atoms with Gasteiger partial charge in [0, 0.05) is 31.9 Å². The fraction of sp³-hybridized carbons (Fsp3) is 0.471. The lowest BCUT2D eigenvalue weighted by Gasteiger charge is -2.29. The van der Waals surface area contributed by atoms with Crippen LogP contribution >= 0.6 is 0 Å². The van der Waals surface area contributed by atoms with E-state index in [1.807, 2.05) is 6.07 Å². The predicted octanol–water partition coefficient (Wildman–Crippen LogP) is 2.61. The average Bonchev–Trinajstić information content (AvgIpc) is 2.89. The molecule has 2 N–H and O–H groups in total. The normalized spacial score (nSPS) is 15.1. The number of nitrogen functional groups attached to an aromatic ring is 1. The molecule has 0 amide bonds. The minimum absolute atomic E-state index is 0.863. The molecule has 4 heteroatoms. The molecule has 0 bridgehead atoms. The molecule has 0 saturated heterocycles. The minimum atomic E-state index is 0.863. The minimum Gasteiger partial charge on any atom is -0.399 e. The third-order valence-corrected chi connectivity index (χ3v) is 4.28. The quantitative estimate of drug-likeness (QED) is 0.878. The van der Waals surface area contributed by atoms with Crippen molar-refractivity contribution in [1.29, 1.82) is 0 Å². The third kappa shape index (κ3) is 2.95. The van der Waals surface area contributed by atoms with Crippen LogP contribution in [0.3, 0.4) is 0 Å². The van der Waals surface area contributed by atoms with E-state index in [9.17, 15) is 0 Å². The zero-order valence-electron chi connectivity index (χ0n) is 13.0. The van der Waals surface area contributed by atoms with Crippen LogP contribution in [0.4, 0.5) is 5.69 Å². The molecule has 4 nitrogen and oxygen atoms in total. The van der Waals surface area contributed by atoms with Gasteiger partial charge in [-0.1, -0.05) is 13.0 Å². The molecule has 0 saturated carbocycles. The van der Waals surface area contributed by atoms with E-state index in [0.29, 0.717) is 0 Å². The number of anilines is 1. The zero-order valence-corrected chi connectivity index (χ0v) is 13.0. The van der Waals surface area contributed by atoms with Gasteiger partial charge in [0.25, 0.3) is 0 Å². The summed E-state index contributed by atoms with van der Waals surface area (Å²) in [7, 11) is 0. The second-order valence-electron chi connectivity index (χ2n) is 5.79. The van der Waals surface area contributed by atoms with Crippen molar-refractivity contribution >= 4 is 5.69 Å². The van der Waals surface area contributed by atoms with Gasteiger partial charge in [0.05, 0.1) is 11.4 Å². The standard InChI is InChI=1S/C17H24N4/c1-3-16-10-17(21(4-2)19-16)12-20-8-7-13-5-6-15(18)9-14(13)11-20/h5-6,9-10H,3-4,7-8,11-12,18H2,1-2H3. The molecule has 0 aliphatic carbocycles. The van der Waals surface area contributed by atoms with Crippen LogP contribution in [0.5, 0.6) is 0 Å². The lowest BCUT2D eigenvalue weighted by atomic mass is 9.99. The maximum Gasteiger partial charge on any atom is 0.0625 e. The molecule has 1 aliphatic heterocycles. The first-order chi connectivity index (χ1) is 10.2. The van der Waals surface area contributed by atoms with Crippen molar-refractivity contribution < 1.29 is 0 Å². The van der Waals surface area contributed by atoms with Crippen LogP contribution in [0.25, 0.3) is 0 Å².